The molecule has 5 heteroatoms. The Bertz CT molecular complexity index is 614. The van der Waals surface area contributed by atoms with Crippen LogP contribution in [0.3, 0.4) is 0 Å². The molecule has 4 nitrogen and oxygen atoms in total. The molecule has 0 aromatic heterocycles. The maximum atomic E-state index is 12.1. The lowest BCUT2D eigenvalue weighted by atomic mass is 10.2. The fourth-order valence-corrected chi connectivity index (χ4v) is 1.79. The van der Waals surface area contributed by atoms with Gasteiger partial charge >= 0.3 is 0 Å². The lowest BCUT2D eigenvalue weighted by molar-refractivity contribution is 0.102. The van der Waals surface area contributed by atoms with Crippen LogP contribution in [0.15, 0.2) is 42.5 Å². The van der Waals surface area contributed by atoms with E-state index in [0.29, 0.717) is 27.7 Å². The number of carbonyl (C=O) groups is 1. The Hall–Kier alpha value is -2.20. The number of anilines is 2. The Balaban J connectivity index is 2.23. The fraction of sp³-hybridized carbons (Fsp3) is 0.0714. The van der Waals surface area contributed by atoms with E-state index >= 15 is 0 Å². The maximum absolute atomic E-state index is 12.1. The summed E-state index contributed by atoms with van der Waals surface area (Å²) >= 11 is 5.85. The van der Waals surface area contributed by atoms with E-state index in [2.05, 4.69) is 5.32 Å². The lowest BCUT2D eigenvalue weighted by Crippen LogP contribution is -2.13. The van der Waals surface area contributed by atoms with E-state index in [-0.39, 0.29) is 5.91 Å². The number of amides is 1. The van der Waals surface area contributed by atoms with Gasteiger partial charge in [0.25, 0.3) is 5.91 Å². The van der Waals surface area contributed by atoms with E-state index in [1.54, 1.807) is 49.6 Å². The molecule has 0 saturated carbocycles. The molecule has 3 N–H and O–H groups in total. The molecule has 0 fully saturated rings. The molecular weight excluding hydrogens is 264 g/mol. The van der Waals surface area contributed by atoms with Crippen LogP contribution in [-0.4, -0.2) is 13.0 Å². The van der Waals surface area contributed by atoms with Crippen molar-refractivity contribution in [2.75, 3.05) is 18.2 Å². The molecule has 0 bridgehead atoms. The van der Waals surface area contributed by atoms with E-state index in [1.807, 2.05) is 0 Å². The first-order valence-electron chi connectivity index (χ1n) is 5.60. The summed E-state index contributed by atoms with van der Waals surface area (Å²) < 4.78 is 5.09. The van der Waals surface area contributed by atoms with Gasteiger partial charge in [0.05, 0.1) is 18.5 Å². The molecule has 98 valence electrons. The number of nitrogens with two attached hydrogens (primary N) is 1. The van der Waals surface area contributed by atoms with Crippen LogP contribution in [0, 0.1) is 0 Å². The van der Waals surface area contributed by atoms with Gasteiger partial charge in [0.1, 0.15) is 5.75 Å². The quantitative estimate of drug-likeness (QED) is 0.846. The number of carbonyl (C=O) groups excluding carboxylic acids is 1. The number of hydrogen-bond donors (Lipinski definition) is 2. The second kappa shape index (κ2) is 5.63. The van der Waals surface area contributed by atoms with E-state index in [4.69, 9.17) is 22.1 Å². The van der Waals surface area contributed by atoms with Crippen molar-refractivity contribution >= 4 is 28.9 Å². The summed E-state index contributed by atoms with van der Waals surface area (Å²) in [4.78, 5) is 12.1. The summed E-state index contributed by atoms with van der Waals surface area (Å²) in [7, 11) is 1.55. The Morgan fingerprint density at radius 2 is 2.05 bits per heavy atom. The molecule has 2 rings (SSSR count). The summed E-state index contributed by atoms with van der Waals surface area (Å²) in [6.45, 7) is 0. The highest BCUT2D eigenvalue weighted by atomic mass is 35.5. The molecule has 0 spiro atoms. The highest BCUT2D eigenvalue weighted by Crippen LogP contribution is 2.25. The normalized spacial score (nSPS) is 10.0. The number of rotatable bonds is 3. The van der Waals surface area contributed by atoms with Crippen LogP contribution >= 0.6 is 11.6 Å². The van der Waals surface area contributed by atoms with Gasteiger partial charge in [-0.1, -0.05) is 17.7 Å². The van der Waals surface area contributed by atoms with Crippen LogP contribution < -0.4 is 15.8 Å². The molecule has 0 saturated heterocycles. The minimum Gasteiger partial charge on any atom is -0.497 e. The van der Waals surface area contributed by atoms with Gasteiger partial charge in [-0.15, -0.1) is 0 Å². The van der Waals surface area contributed by atoms with Gasteiger partial charge in [0.2, 0.25) is 0 Å². The third-order valence-electron chi connectivity index (χ3n) is 2.60. The van der Waals surface area contributed by atoms with Crippen molar-refractivity contribution in [1.29, 1.82) is 0 Å². The highest BCUT2D eigenvalue weighted by molar-refractivity contribution is 6.31. The number of hydrogen-bond acceptors (Lipinski definition) is 3. The van der Waals surface area contributed by atoms with Crippen LogP contribution in [-0.2, 0) is 0 Å². The van der Waals surface area contributed by atoms with E-state index in [0.717, 1.165) is 0 Å². The molecule has 2 aromatic rings. The zero-order chi connectivity index (χ0) is 13.8. The zero-order valence-electron chi connectivity index (χ0n) is 10.3. The van der Waals surface area contributed by atoms with Gasteiger partial charge in [0, 0.05) is 16.7 Å². The third kappa shape index (κ3) is 3.17. The first-order chi connectivity index (χ1) is 9.10. The van der Waals surface area contributed by atoms with Crippen molar-refractivity contribution < 1.29 is 9.53 Å². The van der Waals surface area contributed by atoms with Crippen molar-refractivity contribution in [2.45, 2.75) is 0 Å². The first kappa shape index (κ1) is 13.2. The van der Waals surface area contributed by atoms with E-state index in [1.165, 1.54) is 0 Å². The molecule has 0 heterocycles. The summed E-state index contributed by atoms with van der Waals surface area (Å²) in [6, 6.07) is 11.8. The van der Waals surface area contributed by atoms with Crippen LogP contribution in [0.5, 0.6) is 5.75 Å². The maximum Gasteiger partial charge on any atom is 0.255 e. The lowest BCUT2D eigenvalue weighted by Gasteiger charge is -2.10. The van der Waals surface area contributed by atoms with Gasteiger partial charge in [-0.2, -0.15) is 0 Å². The van der Waals surface area contributed by atoms with Crippen molar-refractivity contribution in [3.63, 3.8) is 0 Å². The Labute approximate surface area is 116 Å². The minimum atomic E-state index is -0.276. The van der Waals surface area contributed by atoms with Crippen LogP contribution in [0.4, 0.5) is 11.4 Å². The van der Waals surface area contributed by atoms with Crippen molar-refractivity contribution in [2.24, 2.45) is 0 Å². The number of halogens is 1. The van der Waals surface area contributed by atoms with Gasteiger partial charge in [-0.3, -0.25) is 4.79 Å². The molecule has 0 unspecified atom stereocenters. The number of benzene rings is 2. The van der Waals surface area contributed by atoms with Crippen LogP contribution in [0.2, 0.25) is 5.02 Å². The Morgan fingerprint density at radius 1 is 1.26 bits per heavy atom. The number of nitrogen functional groups attached to an aromatic ring is 1. The van der Waals surface area contributed by atoms with Crippen molar-refractivity contribution in [3.05, 3.63) is 53.1 Å². The topological polar surface area (TPSA) is 64.3 Å². The SMILES string of the molecule is COc1ccc(N)c(NC(=O)c2cccc(Cl)c2)c1. The summed E-state index contributed by atoms with van der Waals surface area (Å²) in [5.41, 5.74) is 7.24. The predicted molar refractivity (Wildman–Crippen MR) is 76.8 cm³/mol. The number of methoxy groups -OCH3 is 1. The fourth-order valence-electron chi connectivity index (χ4n) is 1.59. The first-order valence-corrected chi connectivity index (χ1v) is 5.98. The van der Waals surface area contributed by atoms with Gasteiger partial charge in [-0.05, 0) is 30.3 Å². The third-order valence-corrected chi connectivity index (χ3v) is 2.83. The van der Waals surface area contributed by atoms with Crippen LogP contribution in [0.25, 0.3) is 0 Å². The van der Waals surface area contributed by atoms with Crippen molar-refractivity contribution in [1.82, 2.24) is 0 Å². The minimum absolute atomic E-state index is 0.276. The number of ether oxygens (including phenoxy) is 1. The van der Waals surface area contributed by atoms with Gasteiger partial charge in [-0.25, -0.2) is 0 Å². The molecule has 2 aromatic carbocycles. The smallest absolute Gasteiger partial charge is 0.255 e. The second-order valence-corrected chi connectivity index (χ2v) is 4.35. The van der Waals surface area contributed by atoms with Gasteiger partial charge < -0.3 is 15.8 Å². The molecule has 0 radical (unpaired) electrons. The molecule has 0 aliphatic carbocycles. The van der Waals surface area contributed by atoms with Gasteiger partial charge in [0.15, 0.2) is 0 Å². The molecule has 0 aliphatic heterocycles. The predicted octanol–water partition coefficient (Wildman–Crippen LogP) is 3.18. The standard InChI is InChI=1S/C14H13ClN2O2/c1-19-11-5-6-12(16)13(8-11)17-14(18)9-3-2-4-10(15)7-9/h2-8H,16H2,1H3,(H,17,18). The van der Waals surface area contributed by atoms with Crippen molar-refractivity contribution in [3.8, 4) is 5.75 Å². The molecular formula is C14H13ClN2O2. The molecule has 0 aliphatic rings. The highest BCUT2D eigenvalue weighted by Gasteiger charge is 2.09. The zero-order valence-corrected chi connectivity index (χ0v) is 11.1. The average Bonchev–Trinajstić information content (AvgIpc) is 2.41. The summed E-state index contributed by atoms with van der Waals surface area (Å²) in [5, 5.41) is 3.23. The average molecular weight is 277 g/mol. The molecule has 1 amide bonds. The Morgan fingerprint density at radius 3 is 2.74 bits per heavy atom. The largest absolute Gasteiger partial charge is 0.497 e. The van der Waals surface area contributed by atoms with E-state index < -0.39 is 0 Å². The molecule has 19 heavy (non-hydrogen) atoms. The second-order valence-electron chi connectivity index (χ2n) is 3.92. The monoisotopic (exact) mass is 276 g/mol. The molecule has 0 atom stereocenters. The Kier molecular flexibility index (Phi) is 3.92. The van der Waals surface area contributed by atoms with E-state index in [9.17, 15) is 4.79 Å². The van der Waals surface area contributed by atoms with Crippen LogP contribution in [0.1, 0.15) is 10.4 Å². The number of nitrogens with one attached hydrogen (secondary N) is 1. The summed E-state index contributed by atoms with van der Waals surface area (Å²) in [5.74, 6) is 0.345. The summed E-state index contributed by atoms with van der Waals surface area (Å²) in [6.07, 6.45) is 0.